The summed E-state index contributed by atoms with van der Waals surface area (Å²) in [6.07, 6.45) is 1.89. The van der Waals surface area contributed by atoms with Gasteiger partial charge in [0.2, 0.25) is 0 Å². The highest BCUT2D eigenvalue weighted by Gasteiger charge is 2.30. The SMILES string of the molecule is CC(C)(C)OC(=O)N1CCCN(c2c(NC(=O)c3nc(-c4cc(F)ccc4F)sc3N)cnn2CC2COC2)CC1. The van der Waals surface area contributed by atoms with Crippen LogP contribution in [0.4, 0.5) is 30.1 Å². The number of carbonyl (C=O) groups is 2. The number of halogens is 2. The average Bonchev–Trinajstić information content (AvgIpc) is 3.35. The lowest BCUT2D eigenvalue weighted by atomic mass is 10.1. The molecule has 2 aromatic heterocycles. The van der Waals surface area contributed by atoms with Gasteiger partial charge in [0.15, 0.2) is 11.5 Å². The van der Waals surface area contributed by atoms with Crippen LogP contribution < -0.4 is 16.0 Å². The van der Waals surface area contributed by atoms with E-state index in [1.807, 2.05) is 25.5 Å². The zero-order chi connectivity index (χ0) is 29.3. The van der Waals surface area contributed by atoms with E-state index in [2.05, 4.69) is 20.3 Å². The summed E-state index contributed by atoms with van der Waals surface area (Å²) in [6, 6.07) is 3.02. The summed E-state index contributed by atoms with van der Waals surface area (Å²) in [7, 11) is 0. The highest BCUT2D eigenvalue weighted by atomic mass is 32.1. The topological polar surface area (TPSA) is 128 Å². The highest BCUT2D eigenvalue weighted by molar-refractivity contribution is 7.19. The summed E-state index contributed by atoms with van der Waals surface area (Å²) < 4.78 is 40.8. The maximum atomic E-state index is 14.3. The third kappa shape index (κ3) is 6.59. The molecule has 0 saturated carbocycles. The van der Waals surface area contributed by atoms with E-state index in [1.54, 1.807) is 11.1 Å². The molecule has 2 aliphatic heterocycles. The number of nitrogens with one attached hydrogen (secondary N) is 1. The van der Waals surface area contributed by atoms with Gasteiger partial charge >= 0.3 is 6.09 Å². The molecule has 4 heterocycles. The largest absolute Gasteiger partial charge is 0.444 e. The number of hydrogen-bond acceptors (Lipinski definition) is 9. The van der Waals surface area contributed by atoms with Crippen LogP contribution in [0.1, 0.15) is 37.7 Å². The Morgan fingerprint density at radius 1 is 1.20 bits per heavy atom. The molecule has 2 amide bonds. The second kappa shape index (κ2) is 11.6. The molecule has 2 saturated heterocycles. The number of amides is 2. The minimum Gasteiger partial charge on any atom is -0.444 e. The number of hydrogen-bond donors (Lipinski definition) is 2. The maximum absolute atomic E-state index is 14.3. The first-order chi connectivity index (χ1) is 19.5. The molecular weight excluding hydrogens is 556 g/mol. The Labute approximate surface area is 240 Å². The normalized spacial score (nSPS) is 16.3. The molecule has 0 aliphatic carbocycles. The molecule has 2 aliphatic rings. The van der Waals surface area contributed by atoms with Gasteiger partial charge in [0, 0.05) is 37.7 Å². The van der Waals surface area contributed by atoms with Gasteiger partial charge in [0.05, 0.1) is 26.0 Å². The van der Waals surface area contributed by atoms with Gasteiger partial charge in [-0.2, -0.15) is 5.10 Å². The van der Waals surface area contributed by atoms with Gasteiger partial charge in [-0.05, 0) is 45.4 Å². The van der Waals surface area contributed by atoms with Crippen molar-refractivity contribution in [3.8, 4) is 10.6 Å². The fourth-order valence-electron chi connectivity index (χ4n) is 4.66. The van der Waals surface area contributed by atoms with Crippen molar-refractivity contribution >= 4 is 39.8 Å². The Balaban J connectivity index is 1.38. The standard InChI is InChI=1S/C27H33F2N7O4S/c1-27(2,3)40-26(38)35-8-4-7-34(9-10-35)25-20(12-31-36(25)13-16-14-39-15-16)32-23(37)21-22(30)41-24(33-21)18-11-17(28)5-6-19(18)29/h5-6,11-12,16H,4,7-10,13-15,30H2,1-3H3,(H,32,37). The lowest BCUT2D eigenvalue weighted by Gasteiger charge is -2.30. The molecule has 3 aromatic rings. The van der Waals surface area contributed by atoms with Gasteiger partial charge < -0.3 is 30.3 Å². The summed E-state index contributed by atoms with van der Waals surface area (Å²) in [5, 5.41) is 7.59. The number of benzene rings is 1. The Bertz CT molecular complexity index is 1430. The van der Waals surface area contributed by atoms with Crippen molar-refractivity contribution < 1.29 is 27.8 Å². The van der Waals surface area contributed by atoms with E-state index in [4.69, 9.17) is 15.2 Å². The minimum atomic E-state index is -0.669. The van der Waals surface area contributed by atoms with E-state index in [0.717, 1.165) is 29.5 Å². The number of ether oxygens (including phenoxy) is 2. The van der Waals surface area contributed by atoms with Crippen LogP contribution in [-0.4, -0.2) is 76.7 Å². The van der Waals surface area contributed by atoms with Crippen molar-refractivity contribution in [2.24, 2.45) is 5.92 Å². The first-order valence-electron chi connectivity index (χ1n) is 13.4. The van der Waals surface area contributed by atoms with Crippen LogP contribution in [0.25, 0.3) is 10.6 Å². The number of nitrogens with two attached hydrogens (primary N) is 1. The number of rotatable bonds is 6. The van der Waals surface area contributed by atoms with Gasteiger partial charge in [-0.1, -0.05) is 11.3 Å². The summed E-state index contributed by atoms with van der Waals surface area (Å²) in [5.74, 6) is -0.906. The van der Waals surface area contributed by atoms with Crippen molar-refractivity contribution in [3.05, 3.63) is 41.7 Å². The number of anilines is 3. The van der Waals surface area contributed by atoms with E-state index in [9.17, 15) is 18.4 Å². The monoisotopic (exact) mass is 589 g/mol. The molecule has 2 fully saturated rings. The van der Waals surface area contributed by atoms with E-state index in [-0.39, 0.29) is 27.4 Å². The summed E-state index contributed by atoms with van der Waals surface area (Å²) in [6.45, 7) is 9.43. The van der Waals surface area contributed by atoms with Crippen molar-refractivity contribution in [3.63, 3.8) is 0 Å². The van der Waals surface area contributed by atoms with Gasteiger partial charge in [0.25, 0.3) is 5.91 Å². The van der Waals surface area contributed by atoms with Gasteiger partial charge in [-0.25, -0.2) is 23.2 Å². The summed E-state index contributed by atoms with van der Waals surface area (Å²) in [4.78, 5) is 34.1. The molecule has 5 rings (SSSR count). The van der Waals surface area contributed by atoms with Crippen molar-refractivity contribution in [2.75, 3.05) is 55.3 Å². The maximum Gasteiger partial charge on any atom is 0.410 e. The smallest absolute Gasteiger partial charge is 0.410 e. The van der Waals surface area contributed by atoms with Crippen LogP contribution in [0.3, 0.4) is 0 Å². The molecule has 14 heteroatoms. The Morgan fingerprint density at radius 3 is 2.68 bits per heavy atom. The number of nitrogen functional groups attached to an aromatic ring is 1. The first-order valence-corrected chi connectivity index (χ1v) is 14.2. The van der Waals surface area contributed by atoms with Crippen LogP contribution in [0, 0.1) is 17.6 Å². The van der Waals surface area contributed by atoms with Crippen LogP contribution in [0.15, 0.2) is 24.4 Å². The molecule has 41 heavy (non-hydrogen) atoms. The predicted molar refractivity (Wildman–Crippen MR) is 151 cm³/mol. The third-order valence-corrected chi connectivity index (χ3v) is 7.59. The molecule has 11 nitrogen and oxygen atoms in total. The molecule has 1 aromatic carbocycles. The molecule has 0 bridgehead atoms. The van der Waals surface area contributed by atoms with Crippen molar-refractivity contribution in [1.29, 1.82) is 0 Å². The Morgan fingerprint density at radius 2 is 1.98 bits per heavy atom. The Hall–Kier alpha value is -3.78. The second-order valence-electron chi connectivity index (χ2n) is 11.1. The number of nitrogens with zero attached hydrogens (tertiary/aromatic N) is 5. The number of aromatic nitrogens is 3. The van der Waals surface area contributed by atoms with Gasteiger partial charge in [-0.3, -0.25) is 4.79 Å². The molecular formula is C27H33F2N7O4S. The van der Waals surface area contributed by atoms with Crippen molar-refractivity contribution in [1.82, 2.24) is 19.7 Å². The summed E-state index contributed by atoms with van der Waals surface area (Å²) >= 11 is 0.900. The first kappa shape index (κ1) is 28.7. The molecule has 0 atom stereocenters. The van der Waals surface area contributed by atoms with Gasteiger partial charge in [0.1, 0.15) is 32.9 Å². The number of thiazole rings is 1. The van der Waals surface area contributed by atoms with Gasteiger partial charge in [-0.15, -0.1) is 0 Å². The Kier molecular flexibility index (Phi) is 8.13. The average molecular weight is 590 g/mol. The van der Waals surface area contributed by atoms with E-state index in [1.165, 1.54) is 0 Å². The lowest BCUT2D eigenvalue weighted by Crippen LogP contribution is -2.39. The second-order valence-corrected chi connectivity index (χ2v) is 12.1. The third-order valence-electron chi connectivity index (χ3n) is 6.67. The molecule has 0 spiro atoms. The van der Waals surface area contributed by atoms with Crippen LogP contribution >= 0.6 is 11.3 Å². The predicted octanol–water partition coefficient (Wildman–Crippen LogP) is 4.21. The van der Waals surface area contributed by atoms with Crippen molar-refractivity contribution in [2.45, 2.75) is 39.3 Å². The fraction of sp³-hybridized carbons (Fsp3) is 0.481. The summed E-state index contributed by atoms with van der Waals surface area (Å²) in [5.41, 5.74) is 5.78. The molecule has 220 valence electrons. The zero-order valence-corrected chi connectivity index (χ0v) is 24.0. The fourth-order valence-corrected chi connectivity index (χ4v) is 5.51. The number of carbonyl (C=O) groups excluding carboxylic acids is 2. The van der Waals surface area contributed by atoms with E-state index < -0.39 is 23.1 Å². The quantitative estimate of drug-likeness (QED) is 0.438. The molecule has 0 unspecified atom stereocenters. The zero-order valence-electron chi connectivity index (χ0n) is 23.2. The minimum absolute atomic E-state index is 0.0731. The van der Waals surface area contributed by atoms with Crippen LogP contribution in [0.5, 0.6) is 0 Å². The lowest BCUT2D eigenvalue weighted by molar-refractivity contribution is -0.0406. The van der Waals surface area contributed by atoms with E-state index in [0.29, 0.717) is 69.8 Å². The van der Waals surface area contributed by atoms with Crippen LogP contribution in [-0.2, 0) is 16.0 Å². The molecule has 0 radical (unpaired) electrons. The van der Waals surface area contributed by atoms with E-state index >= 15 is 0 Å². The highest BCUT2D eigenvalue weighted by Crippen LogP contribution is 2.34. The van der Waals surface area contributed by atoms with Crippen LogP contribution in [0.2, 0.25) is 0 Å². The molecule has 3 N–H and O–H groups in total.